The van der Waals surface area contributed by atoms with Gasteiger partial charge in [0.15, 0.2) is 0 Å². The van der Waals surface area contributed by atoms with Crippen molar-refractivity contribution in [2.24, 2.45) is 11.7 Å². The topological polar surface area (TPSA) is 75.4 Å². The second kappa shape index (κ2) is 5.11. The number of rotatable bonds is 4. The first-order valence-corrected chi connectivity index (χ1v) is 4.16. The number of carbonyl (C=O) groups is 1. The van der Waals surface area contributed by atoms with Crippen molar-refractivity contribution < 1.29 is 9.90 Å². The Balaban J connectivity index is 3.72. The van der Waals surface area contributed by atoms with E-state index in [9.17, 15) is 4.79 Å². The van der Waals surface area contributed by atoms with Crippen molar-refractivity contribution in [3.8, 4) is 0 Å². The summed E-state index contributed by atoms with van der Waals surface area (Å²) in [5.41, 5.74) is 5.55. The van der Waals surface area contributed by atoms with E-state index < -0.39 is 12.1 Å². The maximum Gasteiger partial charge on any atom is 0.237 e. The fourth-order valence-corrected chi connectivity index (χ4v) is 0.669. The molecule has 0 aliphatic carbocycles. The van der Waals surface area contributed by atoms with Crippen LogP contribution in [0.1, 0.15) is 20.8 Å². The van der Waals surface area contributed by atoms with Gasteiger partial charge in [-0.1, -0.05) is 13.8 Å². The summed E-state index contributed by atoms with van der Waals surface area (Å²) in [7, 11) is 0. The van der Waals surface area contributed by atoms with Gasteiger partial charge in [0, 0.05) is 6.54 Å². The lowest BCUT2D eigenvalue weighted by molar-refractivity contribution is -0.123. The molecule has 12 heavy (non-hydrogen) atoms. The molecule has 0 aromatic carbocycles. The smallest absolute Gasteiger partial charge is 0.237 e. The number of nitrogens with one attached hydrogen (secondary N) is 1. The lowest BCUT2D eigenvalue weighted by atomic mass is 10.1. The molecule has 0 fully saturated rings. The number of hydrogen-bond donors (Lipinski definition) is 3. The molecule has 0 radical (unpaired) electrons. The van der Waals surface area contributed by atoms with Crippen LogP contribution in [0.2, 0.25) is 0 Å². The minimum atomic E-state index is -0.520. The summed E-state index contributed by atoms with van der Waals surface area (Å²) in [4.78, 5) is 11.1. The number of aliphatic hydroxyl groups is 1. The van der Waals surface area contributed by atoms with Crippen LogP contribution in [0.5, 0.6) is 0 Å². The van der Waals surface area contributed by atoms with Gasteiger partial charge in [-0.25, -0.2) is 0 Å². The first kappa shape index (κ1) is 11.4. The van der Waals surface area contributed by atoms with Gasteiger partial charge in [0.2, 0.25) is 5.91 Å². The van der Waals surface area contributed by atoms with Crippen molar-refractivity contribution in [1.29, 1.82) is 0 Å². The summed E-state index contributed by atoms with van der Waals surface area (Å²) in [6.45, 7) is 5.64. The largest absolute Gasteiger partial charge is 0.392 e. The number of carbonyl (C=O) groups excluding carboxylic acids is 1. The molecule has 0 bridgehead atoms. The van der Waals surface area contributed by atoms with E-state index in [-0.39, 0.29) is 18.4 Å². The van der Waals surface area contributed by atoms with Crippen LogP contribution >= 0.6 is 0 Å². The molecule has 0 aromatic rings. The van der Waals surface area contributed by atoms with Gasteiger partial charge in [-0.3, -0.25) is 4.79 Å². The predicted octanol–water partition coefficient (Wildman–Crippen LogP) is -0.533. The standard InChI is InChI=1S/C8H18N2O2/c1-5(2)7(9)8(12)10-4-6(3)11/h5-7,11H,4,9H2,1-3H3,(H,10,12)/t6-,7?/m0/s1. The molecule has 2 atom stereocenters. The maximum absolute atomic E-state index is 11.1. The Labute approximate surface area is 73.1 Å². The van der Waals surface area contributed by atoms with E-state index in [0.29, 0.717) is 0 Å². The van der Waals surface area contributed by atoms with Crippen molar-refractivity contribution in [1.82, 2.24) is 5.32 Å². The van der Waals surface area contributed by atoms with Crippen LogP contribution in [0.25, 0.3) is 0 Å². The molecule has 0 spiro atoms. The van der Waals surface area contributed by atoms with Gasteiger partial charge in [0.25, 0.3) is 0 Å². The van der Waals surface area contributed by atoms with Crippen LogP contribution in [-0.4, -0.2) is 29.7 Å². The van der Waals surface area contributed by atoms with Crippen molar-refractivity contribution in [2.45, 2.75) is 32.9 Å². The highest BCUT2D eigenvalue weighted by atomic mass is 16.3. The van der Waals surface area contributed by atoms with Crippen LogP contribution in [0.15, 0.2) is 0 Å². The van der Waals surface area contributed by atoms with Crippen LogP contribution in [0, 0.1) is 5.92 Å². The molecule has 1 unspecified atom stereocenters. The van der Waals surface area contributed by atoms with Crippen molar-refractivity contribution in [3.63, 3.8) is 0 Å². The van der Waals surface area contributed by atoms with E-state index in [4.69, 9.17) is 10.8 Å². The SMILES string of the molecule is CC(C)C(N)C(=O)NC[C@H](C)O. The Kier molecular flexibility index (Phi) is 4.85. The summed E-state index contributed by atoms with van der Waals surface area (Å²) in [6.07, 6.45) is -0.520. The summed E-state index contributed by atoms with van der Waals surface area (Å²) < 4.78 is 0. The zero-order valence-electron chi connectivity index (χ0n) is 7.87. The maximum atomic E-state index is 11.1. The second-order valence-corrected chi connectivity index (χ2v) is 3.36. The molecule has 0 saturated heterocycles. The van der Waals surface area contributed by atoms with Gasteiger partial charge in [0.1, 0.15) is 0 Å². The Morgan fingerprint density at radius 1 is 1.50 bits per heavy atom. The fraction of sp³-hybridized carbons (Fsp3) is 0.875. The average molecular weight is 174 g/mol. The lowest BCUT2D eigenvalue weighted by Gasteiger charge is -2.15. The number of nitrogens with two attached hydrogens (primary N) is 1. The zero-order chi connectivity index (χ0) is 9.72. The van der Waals surface area contributed by atoms with Gasteiger partial charge >= 0.3 is 0 Å². The Morgan fingerprint density at radius 2 is 2.00 bits per heavy atom. The highest BCUT2D eigenvalue weighted by molar-refractivity contribution is 5.81. The summed E-state index contributed by atoms with van der Waals surface area (Å²) >= 11 is 0. The number of aliphatic hydroxyl groups excluding tert-OH is 1. The van der Waals surface area contributed by atoms with Gasteiger partial charge in [-0.15, -0.1) is 0 Å². The molecular formula is C8H18N2O2. The van der Waals surface area contributed by atoms with E-state index in [0.717, 1.165) is 0 Å². The highest BCUT2D eigenvalue weighted by Crippen LogP contribution is 1.97. The van der Waals surface area contributed by atoms with E-state index >= 15 is 0 Å². The molecule has 0 aromatic heterocycles. The van der Waals surface area contributed by atoms with Gasteiger partial charge in [0.05, 0.1) is 12.1 Å². The van der Waals surface area contributed by atoms with Gasteiger partial charge < -0.3 is 16.2 Å². The molecular weight excluding hydrogens is 156 g/mol. The summed E-state index contributed by atoms with van der Waals surface area (Å²) in [5, 5.41) is 11.4. The average Bonchev–Trinajstić information content (AvgIpc) is 1.98. The quantitative estimate of drug-likeness (QED) is 0.536. The third-order valence-electron chi connectivity index (χ3n) is 1.59. The molecule has 72 valence electrons. The van der Waals surface area contributed by atoms with Crippen LogP contribution in [0.4, 0.5) is 0 Å². The minimum absolute atomic E-state index is 0.124. The first-order chi connectivity index (χ1) is 5.45. The van der Waals surface area contributed by atoms with E-state index in [1.54, 1.807) is 6.92 Å². The molecule has 0 saturated carbocycles. The van der Waals surface area contributed by atoms with E-state index in [2.05, 4.69) is 5.32 Å². The minimum Gasteiger partial charge on any atom is -0.392 e. The molecule has 4 heteroatoms. The predicted molar refractivity (Wildman–Crippen MR) is 47.5 cm³/mol. The van der Waals surface area contributed by atoms with Gasteiger partial charge in [-0.2, -0.15) is 0 Å². The number of hydrogen-bond acceptors (Lipinski definition) is 3. The molecule has 0 aliphatic heterocycles. The molecule has 0 aliphatic rings. The molecule has 4 N–H and O–H groups in total. The monoisotopic (exact) mass is 174 g/mol. The lowest BCUT2D eigenvalue weighted by Crippen LogP contribution is -2.45. The summed E-state index contributed by atoms with van der Waals surface area (Å²) in [5.74, 6) is -0.0788. The summed E-state index contributed by atoms with van der Waals surface area (Å²) in [6, 6.07) is -0.483. The number of amides is 1. The molecule has 0 heterocycles. The Hall–Kier alpha value is -0.610. The Morgan fingerprint density at radius 3 is 2.33 bits per heavy atom. The molecule has 4 nitrogen and oxygen atoms in total. The molecule has 0 rings (SSSR count). The van der Waals surface area contributed by atoms with Crippen LogP contribution in [-0.2, 0) is 4.79 Å². The van der Waals surface area contributed by atoms with Crippen molar-refractivity contribution >= 4 is 5.91 Å². The van der Waals surface area contributed by atoms with Crippen molar-refractivity contribution in [3.05, 3.63) is 0 Å². The Bertz CT molecular complexity index is 146. The van der Waals surface area contributed by atoms with Crippen LogP contribution < -0.4 is 11.1 Å². The van der Waals surface area contributed by atoms with E-state index in [1.807, 2.05) is 13.8 Å². The van der Waals surface area contributed by atoms with E-state index in [1.165, 1.54) is 0 Å². The fourth-order valence-electron chi connectivity index (χ4n) is 0.669. The first-order valence-electron chi connectivity index (χ1n) is 4.16. The van der Waals surface area contributed by atoms with Gasteiger partial charge in [-0.05, 0) is 12.8 Å². The molecule has 1 amide bonds. The highest BCUT2D eigenvalue weighted by Gasteiger charge is 2.16. The van der Waals surface area contributed by atoms with Crippen LogP contribution in [0.3, 0.4) is 0 Å². The third-order valence-corrected chi connectivity index (χ3v) is 1.59. The zero-order valence-corrected chi connectivity index (χ0v) is 7.87. The van der Waals surface area contributed by atoms with Crippen molar-refractivity contribution in [2.75, 3.05) is 6.54 Å². The third kappa shape index (κ3) is 4.31. The second-order valence-electron chi connectivity index (χ2n) is 3.36. The normalized spacial score (nSPS) is 15.8.